The van der Waals surface area contributed by atoms with Gasteiger partial charge in [-0.05, 0) is 37.0 Å². The lowest BCUT2D eigenvalue weighted by Gasteiger charge is -2.15. The summed E-state index contributed by atoms with van der Waals surface area (Å²) in [6.07, 6.45) is 4.19. The Balaban J connectivity index is 1.71. The highest BCUT2D eigenvalue weighted by Crippen LogP contribution is 2.46. The third kappa shape index (κ3) is 3.14. The monoisotopic (exact) mass is 485 g/mol. The second kappa shape index (κ2) is 7.36. The summed E-state index contributed by atoms with van der Waals surface area (Å²) < 4.78 is 36.1. The normalized spacial score (nSPS) is 13.9. The van der Waals surface area contributed by atoms with Crippen LogP contribution in [0.4, 0.5) is 8.78 Å². The molecule has 0 spiro atoms. The van der Waals surface area contributed by atoms with Crippen molar-refractivity contribution in [3.63, 3.8) is 0 Å². The summed E-state index contributed by atoms with van der Waals surface area (Å²) in [5.74, 6) is -1.52. The van der Waals surface area contributed by atoms with Crippen molar-refractivity contribution >= 4 is 43.2 Å². The Morgan fingerprint density at radius 3 is 2.79 bits per heavy atom. The molecule has 1 aliphatic carbocycles. The maximum Gasteiger partial charge on any atom is 0.263 e. The summed E-state index contributed by atoms with van der Waals surface area (Å²) in [6, 6.07) is 5.67. The van der Waals surface area contributed by atoms with E-state index in [2.05, 4.69) is 4.98 Å². The summed E-state index contributed by atoms with van der Waals surface area (Å²) in [7, 11) is 0. The van der Waals surface area contributed by atoms with Crippen LogP contribution in [0.1, 0.15) is 30.1 Å². The Kier molecular flexibility index (Phi) is 4.53. The first-order valence-corrected chi connectivity index (χ1v) is 11.3. The molecule has 10 heteroatoms. The molecule has 1 N–H and O–H groups in total. The van der Waals surface area contributed by atoms with Gasteiger partial charge in [0.05, 0.1) is 27.9 Å². The van der Waals surface area contributed by atoms with Crippen LogP contribution < -0.4 is 5.56 Å². The minimum absolute atomic E-state index is 0.00286. The molecule has 2 aromatic carbocycles. The molecular weight excluding hydrogens is 472 g/mol. The van der Waals surface area contributed by atoms with Crippen molar-refractivity contribution in [2.24, 2.45) is 0 Å². The van der Waals surface area contributed by atoms with Crippen LogP contribution in [0, 0.1) is 11.6 Å². The first-order valence-electron chi connectivity index (χ1n) is 10.1. The molecular formula is C23H14ClF2N3O3S. The summed E-state index contributed by atoms with van der Waals surface area (Å²) in [4.78, 5) is 22.7. The number of aromatic nitrogens is 3. The van der Waals surface area contributed by atoms with Gasteiger partial charge in [-0.3, -0.25) is 9.36 Å². The number of halogens is 3. The van der Waals surface area contributed by atoms with Gasteiger partial charge in [0.15, 0.2) is 23.8 Å². The third-order valence-electron chi connectivity index (χ3n) is 5.84. The van der Waals surface area contributed by atoms with Gasteiger partial charge in [-0.1, -0.05) is 17.7 Å². The number of hydrogen-bond donors (Lipinski definition) is 1. The minimum atomic E-state index is -0.938. The fourth-order valence-electron chi connectivity index (χ4n) is 4.14. The lowest BCUT2D eigenvalue weighted by Crippen LogP contribution is -2.24. The van der Waals surface area contributed by atoms with E-state index < -0.39 is 17.2 Å². The van der Waals surface area contributed by atoms with Gasteiger partial charge in [0.25, 0.3) is 5.56 Å². The molecule has 33 heavy (non-hydrogen) atoms. The van der Waals surface area contributed by atoms with Crippen molar-refractivity contribution in [2.45, 2.75) is 25.3 Å². The Labute approximate surface area is 193 Å². The Morgan fingerprint density at radius 1 is 1.24 bits per heavy atom. The van der Waals surface area contributed by atoms with Gasteiger partial charge in [-0.15, -0.1) is 11.3 Å². The first kappa shape index (κ1) is 20.3. The maximum absolute atomic E-state index is 14.9. The molecule has 0 saturated heterocycles. The molecule has 0 bridgehead atoms. The highest BCUT2D eigenvalue weighted by molar-refractivity contribution is 7.25. The van der Waals surface area contributed by atoms with Crippen molar-refractivity contribution in [3.05, 3.63) is 75.2 Å². The van der Waals surface area contributed by atoms with Crippen molar-refractivity contribution < 1.29 is 18.3 Å². The zero-order chi connectivity index (χ0) is 22.9. The predicted octanol–water partition coefficient (Wildman–Crippen LogP) is 5.83. The fraction of sp³-hybridized carbons (Fsp3) is 0.174. The van der Waals surface area contributed by atoms with E-state index in [4.69, 9.17) is 21.0 Å². The second-order valence-corrected chi connectivity index (χ2v) is 9.35. The third-order valence-corrected chi connectivity index (χ3v) is 7.25. The van der Waals surface area contributed by atoms with Gasteiger partial charge < -0.3 is 9.52 Å². The van der Waals surface area contributed by atoms with Gasteiger partial charge >= 0.3 is 0 Å². The van der Waals surface area contributed by atoms with E-state index in [1.807, 2.05) is 0 Å². The zero-order valence-electron chi connectivity index (χ0n) is 16.8. The number of aromatic hydroxyl groups is 1. The number of hydrogen-bond acceptors (Lipinski definition) is 6. The zero-order valence-corrected chi connectivity index (χ0v) is 18.4. The molecule has 0 aliphatic heterocycles. The second-order valence-electron chi connectivity index (χ2n) is 7.95. The predicted molar refractivity (Wildman–Crippen MR) is 121 cm³/mol. The van der Waals surface area contributed by atoms with E-state index >= 15 is 0 Å². The molecule has 3 aromatic heterocycles. The molecule has 5 aromatic rings. The lowest BCUT2D eigenvalue weighted by molar-refractivity contribution is 0.482. The topological polar surface area (TPSA) is 81.2 Å². The van der Waals surface area contributed by atoms with Crippen molar-refractivity contribution in [1.29, 1.82) is 0 Å². The van der Waals surface area contributed by atoms with Crippen molar-refractivity contribution in [2.75, 3.05) is 0 Å². The summed E-state index contributed by atoms with van der Waals surface area (Å²) in [6.45, 7) is -0.00286. The molecule has 1 saturated carbocycles. The van der Waals surface area contributed by atoms with Gasteiger partial charge in [0.1, 0.15) is 16.4 Å². The van der Waals surface area contributed by atoms with E-state index in [0.717, 1.165) is 30.2 Å². The smallest absolute Gasteiger partial charge is 0.263 e. The van der Waals surface area contributed by atoms with Gasteiger partial charge in [0.2, 0.25) is 0 Å². The largest absolute Gasteiger partial charge is 0.505 e. The number of oxazole rings is 1. The summed E-state index contributed by atoms with van der Waals surface area (Å²) >= 11 is 7.18. The number of phenols is 1. The molecule has 1 fully saturated rings. The highest BCUT2D eigenvalue weighted by Gasteiger charge is 2.33. The molecule has 0 atom stereocenters. The quantitative estimate of drug-likeness (QED) is 0.346. The van der Waals surface area contributed by atoms with Crippen LogP contribution in [-0.2, 0) is 6.54 Å². The number of benzene rings is 2. The van der Waals surface area contributed by atoms with Crippen LogP contribution in [0.3, 0.4) is 0 Å². The minimum Gasteiger partial charge on any atom is -0.505 e. The van der Waals surface area contributed by atoms with Gasteiger partial charge in [0, 0.05) is 16.5 Å². The van der Waals surface area contributed by atoms with Gasteiger partial charge in [-0.25, -0.2) is 18.7 Å². The molecule has 0 radical (unpaired) electrons. The maximum atomic E-state index is 14.9. The molecule has 1 aliphatic rings. The average molecular weight is 486 g/mol. The molecule has 166 valence electrons. The molecule has 0 unspecified atom stereocenters. The number of nitrogens with zero attached hydrogens (tertiary/aromatic N) is 3. The van der Waals surface area contributed by atoms with Crippen LogP contribution in [0.2, 0.25) is 5.02 Å². The van der Waals surface area contributed by atoms with Gasteiger partial charge in [-0.2, -0.15) is 0 Å². The highest BCUT2D eigenvalue weighted by atomic mass is 35.5. The Bertz CT molecular complexity index is 1620. The summed E-state index contributed by atoms with van der Waals surface area (Å²) in [5.41, 5.74) is 0.181. The van der Waals surface area contributed by atoms with Crippen LogP contribution in [0.5, 0.6) is 5.75 Å². The Morgan fingerprint density at radius 2 is 2.06 bits per heavy atom. The van der Waals surface area contributed by atoms with Crippen LogP contribution in [0.25, 0.3) is 31.7 Å². The van der Waals surface area contributed by atoms with Crippen LogP contribution >= 0.6 is 22.9 Å². The van der Waals surface area contributed by atoms with Crippen LogP contribution in [0.15, 0.2) is 46.1 Å². The molecule has 6 rings (SSSR count). The number of thiophene rings is 1. The van der Waals surface area contributed by atoms with E-state index in [1.165, 1.54) is 29.3 Å². The number of rotatable bonds is 4. The number of phenolic OH excluding ortho intramolecular Hbond substituents is 1. The Hall–Kier alpha value is -3.30. The van der Waals surface area contributed by atoms with Crippen LogP contribution in [-0.4, -0.2) is 19.6 Å². The summed E-state index contributed by atoms with van der Waals surface area (Å²) in [5, 5.41) is 11.4. The van der Waals surface area contributed by atoms with E-state index in [-0.39, 0.29) is 34.6 Å². The first-order chi connectivity index (χ1) is 15.9. The van der Waals surface area contributed by atoms with E-state index in [9.17, 15) is 18.7 Å². The fourth-order valence-corrected chi connectivity index (χ4v) is 5.47. The van der Waals surface area contributed by atoms with Crippen molar-refractivity contribution in [1.82, 2.24) is 14.5 Å². The molecule has 0 amide bonds. The number of fused-ring (bicyclic) bond motifs is 3. The van der Waals surface area contributed by atoms with E-state index in [1.54, 1.807) is 6.07 Å². The molecule has 3 heterocycles. The SMILES string of the molecule is O=c1c2c(nc(-c3ccc(F)c(F)c3C3CC3)n1Cc1cnco1)sc1c(O)c(Cl)ccc12. The van der Waals surface area contributed by atoms with E-state index in [0.29, 0.717) is 31.6 Å². The lowest BCUT2D eigenvalue weighted by atomic mass is 10.0. The average Bonchev–Trinajstić information content (AvgIpc) is 3.36. The van der Waals surface area contributed by atoms with Crippen molar-refractivity contribution in [3.8, 4) is 17.1 Å². The standard InChI is InChI=1S/C23H14ClF2N3O3S/c24-14-5-3-12-17-22(33-20(12)19(14)30)28-21(29(23(17)31)8-11-7-27-9-32-11)13-4-6-15(25)18(26)16(13)10-1-2-10/h3-7,9-10,30H,1-2,8H2. The molecule has 6 nitrogen and oxygen atoms in total.